The lowest BCUT2D eigenvalue weighted by Gasteiger charge is -2.23. The van der Waals surface area contributed by atoms with E-state index in [9.17, 15) is 4.79 Å². The van der Waals surface area contributed by atoms with Crippen molar-refractivity contribution in [3.8, 4) is 11.4 Å². The van der Waals surface area contributed by atoms with Crippen LogP contribution in [0.4, 0.5) is 5.95 Å². The van der Waals surface area contributed by atoms with Gasteiger partial charge in [-0.2, -0.15) is 15.0 Å². The second-order valence-corrected chi connectivity index (χ2v) is 8.29. The van der Waals surface area contributed by atoms with Gasteiger partial charge in [0.15, 0.2) is 0 Å². The van der Waals surface area contributed by atoms with E-state index in [1.165, 1.54) is 4.80 Å². The van der Waals surface area contributed by atoms with Gasteiger partial charge in [0.2, 0.25) is 5.95 Å². The Morgan fingerprint density at radius 2 is 1.58 bits per heavy atom. The average Bonchev–Trinajstić information content (AvgIpc) is 3.48. The predicted octanol–water partition coefficient (Wildman–Crippen LogP) is 1.64. The first-order chi connectivity index (χ1) is 15.0. The van der Waals surface area contributed by atoms with Crippen LogP contribution in [-0.4, -0.2) is 74.5 Å². The highest BCUT2D eigenvalue weighted by Gasteiger charge is 2.43. The fourth-order valence-corrected chi connectivity index (χ4v) is 4.67. The molecule has 0 saturated carbocycles. The molecule has 3 aromatic rings. The number of aryl methyl sites for hydroxylation is 2. The number of fused-ring (bicyclic) bond motifs is 1. The number of hydrogen-bond donors (Lipinski definition) is 0. The lowest BCUT2D eigenvalue weighted by Crippen LogP contribution is -2.34. The number of methoxy groups -OCH3 is 1. The van der Waals surface area contributed by atoms with E-state index >= 15 is 0 Å². The Hall–Kier alpha value is -3.05. The van der Waals surface area contributed by atoms with Crippen molar-refractivity contribution in [3.63, 3.8) is 0 Å². The molecule has 1 aromatic carbocycles. The van der Waals surface area contributed by atoms with Crippen LogP contribution >= 0.6 is 17.0 Å². The van der Waals surface area contributed by atoms with Crippen LogP contribution in [0.2, 0.25) is 0 Å². The van der Waals surface area contributed by atoms with Crippen LogP contribution in [0.15, 0.2) is 36.7 Å². The van der Waals surface area contributed by atoms with Crippen molar-refractivity contribution in [2.24, 2.45) is 11.8 Å². The van der Waals surface area contributed by atoms with E-state index in [0.29, 0.717) is 28.8 Å². The first-order valence-corrected chi connectivity index (χ1v) is 10.4. The van der Waals surface area contributed by atoms with E-state index in [1.54, 1.807) is 37.7 Å². The first-order valence-electron chi connectivity index (χ1n) is 10.4. The fourth-order valence-electron chi connectivity index (χ4n) is 4.67. The Balaban J connectivity index is 0.00000153. The minimum absolute atomic E-state index is 0. The zero-order valence-electron chi connectivity index (χ0n) is 18.8. The van der Waals surface area contributed by atoms with Gasteiger partial charge in [0.05, 0.1) is 25.1 Å². The van der Waals surface area contributed by atoms with Gasteiger partial charge in [-0.05, 0) is 32.0 Å². The largest absolute Gasteiger partial charge is 0.497 e. The highest BCUT2D eigenvalue weighted by atomic mass is 79.9. The van der Waals surface area contributed by atoms with Gasteiger partial charge in [-0.25, -0.2) is 9.97 Å². The number of aromatic nitrogens is 5. The van der Waals surface area contributed by atoms with Crippen LogP contribution in [0.25, 0.3) is 5.69 Å². The minimum Gasteiger partial charge on any atom is -0.497 e. The summed E-state index contributed by atoms with van der Waals surface area (Å²) in [6.07, 6.45) is 3.19. The number of amides is 1. The van der Waals surface area contributed by atoms with Crippen molar-refractivity contribution in [2.45, 2.75) is 13.8 Å². The van der Waals surface area contributed by atoms with Crippen molar-refractivity contribution in [1.82, 2.24) is 29.9 Å². The summed E-state index contributed by atoms with van der Waals surface area (Å²) in [5, 5.41) is 8.41. The highest BCUT2D eigenvalue weighted by Crippen LogP contribution is 2.34. The standard InChI is InChI=1S/C22H25N7O2.BrH.H2O/c1-14-8-15(2)26-22(25-14)28-12-16-10-27(11-17(16)13-28)21(30)19-5-4-18(31-3)9-20(19)29-23-6-7-24-29;;/h4-9,16-17H,10-13H2,1-3H3;1H;1H2. The SMILES string of the molecule is Br.COc1ccc(C(=O)N2CC3CN(c4nc(C)cc(C)n4)CC3C2)c(-n2nccn2)c1.O. The third-order valence-corrected chi connectivity index (χ3v) is 6.10. The Morgan fingerprint density at radius 1 is 0.970 bits per heavy atom. The summed E-state index contributed by atoms with van der Waals surface area (Å²) in [5.41, 5.74) is 3.16. The molecule has 2 unspecified atom stereocenters. The monoisotopic (exact) mass is 517 g/mol. The maximum atomic E-state index is 13.4. The molecule has 10 nitrogen and oxygen atoms in total. The molecule has 2 aliphatic heterocycles. The molecule has 0 aliphatic carbocycles. The second-order valence-electron chi connectivity index (χ2n) is 8.29. The Labute approximate surface area is 202 Å². The molecule has 0 bridgehead atoms. The highest BCUT2D eigenvalue weighted by molar-refractivity contribution is 8.93. The van der Waals surface area contributed by atoms with E-state index in [1.807, 2.05) is 24.8 Å². The molecule has 2 saturated heterocycles. The minimum atomic E-state index is -0.00134. The summed E-state index contributed by atoms with van der Waals surface area (Å²) < 4.78 is 5.33. The van der Waals surface area contributed by atoms with Gasteiger partial charge >= 0.3 is 0 Å². The van der Waals surface area contributed by atoms with Crippen molar-refractivity contribution >= 4 is 28.8 Å². The number of likely N-dealkylation sites (tertiary alicyclic amines) is 1. The third-order valence-electron chi connectivity index (χ3n) is 6.10. The number of anilines is 1. The second kappa shape index (κ2) is 9.84. The number of halogens is 1. The Morgan fingerprint density at radius 3 is 2.15 bits per heavy atom. The molecular formula is C22H28BrN7O3. The first kappa shape index (κ1) is 24.6. The van der Waals surface area contributed by atoms with Crippen LogP contribution < -0.4 is 9.64 Å². The summed E-state index contributed by atoms with van der Waals surface area (Å²) in [6.45, 7) is 7.18. The zero-order chi connectivity index (χ0) is 21.5. The maximum absolute atomic E-state index is 13.4. The molecule has 0 spiro atoms. The third kappa shape index (κ3) is 4.69. The summed E-state index contributed by atoms with van der Waals surface area (Å²) in [4.78, 5) is 28.3. The molecule has 2 aliphatic rings. The van der Waals surface area contributed by atoms with Gasteiger partial charge in [0.25, 0.3) is 5.91 Å². The molecule has 1 amide bonds. The molecule has 2 N–H and O–H groups in total. The summed E-state index contributed by atoms with van der Waals surface area (Å²) in [7, 11) is 1.60. The number of nitrogens with zero attached hydrogens (tertiary/aromatic N) is 7. The van der Waals surface area contributed by atoms with E-state index in [2.05, 4.69) is 25.1 Å². The smallest absolute Gasteiger partial charge is 0.256 e. The van der Waals surface area contributed by atoms with E-state index in [4.69, 9.17) is 4.74 Å². The average molecular weight is 518 g/mol. The molecule has 2 aromatic heterocycles. The lowest BCUT2D eigenvalue weighted by molar-refractivity contribution is 0.0782. The van der Waals surface area contributed by atoms with Gasteiger partial charge < -0.3 is 20.0 Å². The van der Waals surface area contributed by atoms with Gasteiger partial charge in [0, 0.05) is 55.5 Å². The summed E-state index contributed by atoms with van der Waals surface area (Å²) in [6, 6.07) is 7.38. The van der Waals surface area contributed by atoms with Crippen molar-refractivity contribution in [3.05, 3.63) is 53.6 Å². The van der Waals surface area contributed by atoms with Crippen LogP contribution in [0.5, 0.6) is 5.75 Å². The predicted molar refractivity (Wildman–Crippen MR) is 128 cm³/mol. The van der Waals surface area contributed by atoms with E-state index in [0.717, 1.165) is 43.5 Å². The maximum Gasteiger partial charge on any atom is 0.256 e. The van der Waals surface area contributed by atoms with Gasteiger partial charge in [-0.3, -0.25) is 4.79 Å². The molecule has 4 heterocycles. The molecule has 5 rings (SSSR count). The summed E-state index contributed by atoms with van der Waals surface area (Å²) in [5.74, 6) is 2.28. The molecule has 2 fully saturated rings. The van der Waals surface area contributed by atoms with Gasteiger partial charge in [-0.1, -0.05) is 0 Å². The fraction of sp³-hybridized carbons (Fsp3) is 0.409. The van der Waals surface area contributed by atoms with Crippen LogP contribution in [-0.2, 0) is 0 Å². The molecule has 176 valence electrons. The topological polar surface area (TPSA) is 121 Å². The quantitative estimate of drug-likeness (QED) is 0.515. The van der Waals surface area contributed by atoms with Gasteiger partial charge in [-0.15, -0.1) is 17.0 Å². The lowest BCUT2D eigenvalue weighted by atomic mass is 10.0. The van der Waals surface area contributed by atoms with E-state index in [-0.39, 0.29) is 28.4 Å². The van der Waals surface area contributed by atoms with Crippen molar-refractivity contribution in [1.29, 1.82) is 0 Å². The number of carbonyl (C=O) groups excluding carboxylic acids is 1. The Bertz CT molecular complexity index is 1090. The summed E-state index contributed by atoms with van der Waals surface area (Å²) >= 11 is 0. The van der Waals surface area contributed by atoms with E-state index < -0.39 is 0 Å². The van der Waals surface area contributed by atoms with Crippen molar-refractivity contribution in [2.75, 3.05) is 38.2 Å². The van der Waals surface area contributed by atoms with Crippen LogP contribution in [0.3, 0.4) is 0 Å². The molecule has 33 heavy (non-hydrogen) atoms. The molecule has 0 radical (unpaired) electrons. The van der Waals surface area contributed by atoms with Crippen LogP contribution in [0, 0.1) is 25.7 Å². The number of carbonyl (C=O) groups is 1. The van der Waals surface area contributed by atoms with Crippen LogP contribution in [0.1, 0.15) is 21.7 Å². The molecule has 2 atom stereocenters. The zero-order valence-corrected chi connectivity index (χ0v) is 20.5. The number of benzene rings is 1. The number of rotatable bonds is 4. The Kier molecular flexibility index (Phi) is 7.33. The van der Waals surface area contributed by atoms with Gasteiger partial charge in [0.1, 0.15) is 11.4 Å². The number of ether oxygens (including phenoxy) is 1. The number of hydrogen-bond acceptors (Lipinski definition) is 7. The normalized spacial score (nSPS) is 19.0. The molecular weight excluding hydrogens is 490 g/mol. The molecule has 11 heteroatoms. The van der Waals surface area contributed by atoms with Crippen molar-refractivity contribution < 1.29 is 15.0 Å².